The minimum atomic E-state index is -0.543. The highest BCUT2D eigenvalue weighted by Gasteiger charge is 2.35. The maximum atomic E-state index is 12.9. The first-order valence-electron chi connectivity index (χ1n) is 11.1. The van der Waals surface area contributed by atoms with Gasteiger partial charge in [0, 0.05) is 5.70 Å². The van der Waals surface area contributed by atoms with Crippen molar-refractivity contribution in [1.82, 2.24) is 14.8 Å². The number of benzene rings is 2. The quantitative estimate of drug-likeness (QED) is 0.404. The largest absolute Gasteiger partial charge is 0.490 e. The van der Waals surface area contributed by atoms with Gasteiger partial charge in [0.25, 0.3) is 0 Å². The molecule has 0 aliphatic carbocycles. The maximum absolute atomic E-state index is 12.9. The smallest absolute Gasteiger partial charge is 0.338 e. The normalized spacial score (nSPS) is 14.9. The number of carbonyl (C=O) groups is 1. The molecule has 1 aromatic heterocycles. The first-order chi connectivity index (χ1) is 16.4. The lowest BCUT2D eigenvalue weighted by Gasteiger charge is -2.29. The number of anilines is 1. The molecule has 0 saturated carbocycles. The van der Waals surface area contributed by atoms with Crippen LogP contribution in [0.4, 0.5) is 5.95 Å². The van der Waals surface area contributed by atoms with Crippen LogP contribution < -0.4 is 14.8 Å². The summed E-state index contributed by atoms with van der Waals surface area (Å²) in [6, 6.07) is 11.4. The van der Waals surface area contributed by atoms with Gasteiger partial charge in [-0.25, -0.2) is 9.48 Å². The van der Waals surface area contributed by atoms with Crippen molar-refractivity contribution in [2.75, 3.05) is 18.5 Å². The van der Waals surface area contributed by atoms with Gasteiger partial charge < -0.3 is 19.5 Å². The summed E-state index contributed by atoms with van der Waals surface area (Å²) < 4.78 is 19.9. The second-order valence-corrected chi connectivity index (χ2v) is 8.65. The first-order valence-corrected chi connectivity index (χ1v) is 11.9. The van der Waals surface area contributed by atoms with Crippen LogP contribution in [0.5, 0.6) is 11.5 Å². The molecule has 0 radical (unpaired) electrons. The van der Waals surface area contributed by atoms with Gasteiger partial charge >= 0.3 is 5.97 Å². The Balaban J connectivity index is 1.76. The van der Waals surface area contributed by atoms with Crippen LogP contribution in [0.25, 0.3) is 0 Å². The van der Waals surface area contributed by atoms with Crippen LogP contribution in [0.3, 0.4) is 0 Å². The number of aromatic nitrogens is 3. The Labute approximate surface area is 207 Å². The van der Waals surface area contributed by atoms with Gasteiger partial charge in [0.05, 0.1) is 23.3 Å². The fourth-order valence-corrected chi connectivity index (χ4v) is 4.52. The molecular formula is C25H27BrN4O4. The highest BCUT2D eigenvalue weighted by atomic mass is 79.9. The third kappa shape index (κ3) is 4.65. The van der Waals surface area contributed by atoms with E-state index in [-0.39, 0.29) is 6.61 Å². The molecule has 1 aliphatic heterocycles. The molecule has 1 aliphatic rings. The SMILES string of the molecule is CCOC(=O)C1=C(C)Nc2ncnn2C1c1cc(Br)c(OCc2ccccc2C)c(OCC)c1. The van der Waals surface area contributed by atoms with Crippen molar-refractivity contribution in [3.05, 3.63) is 75.2 Å². The molecule has 9 heteroatoms. The Morgan fingerprint density at radius 2 is 1.94 bits per heavy atom. The Kier molecular flexibility index (Phi) is 7.21. The average Bonchev–Trinajstić information content (AvgIpc) is 3.26. The fraction of sp³-hybridized carbons (Fsp3) is 0.320. The summed E-state index contributed by atoms with van der Waals surface area (Å²) in [6.07, 6.45) is 1.45. The van der Waals surface area contributed by atoms with Crippen molar-refractivity contribution in [2.24, 2.45) is 0 Å². The number of carbonyl (C=O) groups excluding carboxylic acids is 1. The zero-order valence-corrected chi connectivity index (χ0v) is 21.2. The van der Waals surface area contributed by atoms with Crippen molar-refractivity contribution < 1.29 is 19.0 Å². The van der Waals surface area contributed by atoms with Crippen LogP contribution in [0.15, 0.2) is 58.5 Å². The fourth-order valence-electron chi connectivity index (χ4n) is 3.94. The monoisotopic (exact) mass is 526 g/mol. The number of allylic oxidation sites excluding steroid dienone is 1. The number of esters is 1. The van der Waals surface area contributed by atoms with E-state index in [1.807, 2.05) is 44.2 Å². The number of ether oxygens (including phenoxy) is 3. The molecule has 3 aromatic rings. The first kappa shape index (κ1) is 23.8. The Bertz CT molecular complexity index is 1240. The number of rotatable bonds is 8. The van der Waals surface area contributed by atoms with Crippen molar-refractivity contribution in [2.45, 2.75) is 40.3 Å². The Hall–Kier alpha value is -3.33. The summed E-state index contributed by atoms with van der Waals surface area (Å²) in [4.78, 5) is 17.2. The zero-order chi connectivity index (χ0) is 24.2. The van der Waals surface area contributed by atoms with E-state index >= 15 is 0 Å². The van der Waals surface area contributed by atoms with Crippen molar-refractivity contribution in [3.8, 4) is 11.5 Å². The van der Waals surface area contributed by atoms with E-state index in [0.29, 0.717) is 46.4 Å². The summed E-state index contributed by atoms with van der Waals surface area (Å²) in [5.41, 5.74) is 4.16. The van der Waals surface area contributed by atoms with Crippen molar-refractivity contribution >= 4 is 27.8 Å². The number of halogens is 1. The van der Waals surface area contributed by atoms with Gasteiger partial charge in [-0.2, -0.15) is 10.1 Å². The van der Waals surface area contributed by atoms with Crippen LogP contribution in [0, 0.1) is 6.92 Å². The molecule has 4 rings (SSSR count). The predicted octanol–water partition coefficient (Wildman–Crippen LogP) is 5.18. The Morgan fingerprint density at radius 3 is 2.68 bits per heavy atom. The molecule has 1 N–H and O–H groups in total. The molecule has 2 heterocycles. The van der Waals surface area contributed by atoms with Gasteiger partial charge in [-0.3, -0.25) is 0 Å². The molecule has 0 amide bonds. The van der Waals surface area contributed by atoms with E-state index in [4.69, 9.17) is 14.2 Å². The van der Waals surface area contributed by atoms with E-state index in [1.165, 1.54) is 6.33 Å². The topological polar surface area (TPSA) is 87.5 Å². The minimum absolute atomic E-state index is 0.270. The van der Waals surface area contributed by atoms with Crippen LogP contribution in [0.1, 0.15) is 43.5 Å². The number of aryl methyl sites for hydroxylation is 1. The van der Waals surface area contributed by atoms with Gasteiger partial charge in [-0.05, 0) is 72.4 Å². The second kappa shape index (κ2) is 10.3. The van der Waals surface area contributed by atoms with Crippen molar-refractivity contribution in [1.29, 1.82) is 0 Å². The van der Waals surface area contributed by atoms with Crippen LogP contribution in [-0.4, -0.2) is 33.9 Å². The van der Waals surface area contributed by atoms with Crippen molar-refractivity contribution in [3.63, 3.8) is 0 Å². The molecule has 0 spiro atoms. The third-order valence-electron chi connectivity index (χ3n) is 5.57. The summed E-state index contributed by atoms with van der Waals surface area (Å²) in [5.74, 6) is 1.30. The number of fused-ring (bicyclic) bond motifs is 1. The number of hydrogen-bond donors (Lipinski definition) is 1. The predicted molar refractivity (Wildman–Crippen MR) is 132 cm³/mol. The van der Waals surface area contributed by atoms with Crippen LogP contribution >= 0.6 is 15.9 Å². The summed E-state index contributed by atoms with van der Waals surface area (Å²) in [6.45, 7) is 8.71. The lowest BCUT2D eigenvalue weighted by molar-refractivity contribution is -0.139. The number of hydrogen-bond acceptors (Lipinski definition) is 7. The van der Waals surface area contributed by atoms with E-state index in [2.05, 4.69) is 44.3 Å². The highest BCUT2D eigenvalue weighted by molar-refractivity contribution is 9.10. The third-order valence-corrected chi connectivity index (χ3v) is 6.16. The molecule has 2 aromatic carbocycles. The zero-order valence-electron chi connectivity index (χ0n) is 19.6. The van der Waals surface area contributed by atoms with E-state index in [1.54, 1.807) is 11.6 Å². The number of nitrogens with one attached hydrogen (secondary N) is 1. The molecule has 8 nitrogen and oxygen atoms in total. The lowest BCUT2D eigenvalue weighted by atomic mass is 9.95. The minimum Gasteiger partial charge on any atom is -0.490 e. The molecule has 1 atom stereocenters. The van der Waals surface area contributed by atoms with E-state index < -0.39 is 12.0 Å². The standard InChI is InChI=1S/C25H27BrN4O4/c1-5-32-20-12-18(11-19(26)23(20)34-13-17-10-8-7-9-15(17)3)22-21(24(31)33-6-2)16(4)29-25-27-14-28-30(22)25/h7-12,14,22H,5-6,13H2,1-4H3,(H,27,28,29). The molecule has 0 saturated heterocycles. The molecule has 0 fully saturated rings. The molecular weight excluding hydrogens is 500 g/mol. The molecule has 34 heavy (non-hydrogen) atoms. The van der Waals surface area contributed by atoms with Gasteiger partial charge in [-0.15, -0.1) is 0 Å². The summed E-state index contributed by atoms with van der Waals surface area (Å²) >= 11 is 3.66. The maximum Gasteiger partial charge on any atom is 0.338 e. The van der Waals surface area contributed by atoms with Gasteiger partial charge in [0.2, 0.25) is 5.95 Å². The number of nitrogens with zero attached hydrogens (tertiary/aromatic N) is 3. The van der Waals surface area contributed by atoms with Gasteiger partial charge in [-0.1, -0.05) is 24.3 Å². The highest BCUT2D eigenvalue weighted by Crippen LogP contribution is 2.43. The van der Waals surface area contributed by atoms with Crippen LogP contribution in [-0.2, 0) is 16.1 Å². The summed E-state index contributed by atoms with van der Waals surface area (Å²) in [7, 11) is 0. The summed E-state index contributed by atoms with van der Waals surface area (Å²) in [5, 5.41) is 7.51. The van der Waals surface area contributed by atoms with E-state index in [0.717, 1.165) is 16.7 Å². The average molecular weight is 527 g/mol. The Morgan fingerprint density at radius 1 is 1.15 bits per heavy atom. The second-order valence-electron chi connectivity index (χ2n) is 7.79. The molecule has 1 unspecified atom stereocenters. The lowest BCUT2D eigenvalue weighted by Crippen LogP contribution is -2.29. The van der Waals surface area contributed by atoms with E-state index in [9.17, 15) is 4.79 Å². The van der Waals surface area contributed by atoms with Gasteiger partial charge in [0.1, 0.15) is 19.0 Å². The molecule has 0 bridgehead atoms. The van der Waals surface area contributed by atoms with Gasteiger partial charge in [0.15, 0.2) is 11.5 Å². The molecule has 178 valence electrons. The van der Waals surface area contributed by atoms with Crippen LogP contribution in [0.2, 0.25) is 0 Å².